The number of benzene rings is 2. The van der Waals surface area contributed by atoms with Gasteiger partial charge in [-0.3, -0.25) is 4.90 Å². The summed E-state index contributed by atoms with van der Waals surface area (Å²) >= 11 is 0. The molecule has 1 heterocycles. The molecule has 122 valence electrons. The van der Waals surface area contributed by atoms with Crippen LogP contribution in [0.1, 0.15) is 16.7 Å². The molecular weight excluding hydrogens is 307 g/mol. The van der Waals surface area contributed by atoms with Crippen molar-refractivity contribution < 1.29 is 23.0 Å². The zero-order chi connectivity index (χ0) is 16.4. The zero-order valence-corrected chi connectivity index (χ0v) is 12.3. The Labute approximate surface area is 131 Å². The second-order valence-electron chi connectivity index (χ2n) is 5.61. The molecule has 0 aliphatic carbocycles. The molecule has 23 heavy (non-hydrogen) atoms. The maximum absolute atomic E-state index is 12.1. The van der Waals surface area contributed by atoms with Crippen LogP contribution in [-0.4, -0.2) is 22.9 Å². The molecule has 1 aliphatic rings. The van der Waals surface area contributed by atoms with Gasteiger partial charge in [0, 0.05) is 19.6 Å². The number of aromatic hydroxyl groups is 1. The van der Waals surface area contributed by atoms with E-state index < -0.39 is 6.36 Å². The highest BCUT2D eigenvalue weighted by Crippen LogP contribution is 2.26. The average Bonchev–Trinajstić information content (AvgIpc) is 2.48. The number of ether oxygens (including phenoxy) is 1. The van der Waals surface area contributed by atoms with Gasteiger partial charge in [-0.05, 0) is 47.4 Å². The summed E-state index contributed by atoms with van der Waals surface area (Å²) < 4.78 is 40.3. The second-order valence-corrected chi connectivity index (χ2v) is 5.61. The van der Waals surface area contributed by atoms with Crippen molar-refractivity contribution in [2.45, 2.75) is 25.9 Å². The number of fused-ring (bicyclic) bond motifs is 1. The Balaban J connectivity index is 1.63. The van der Waals surface area contributed by atoms with Gasteiger partial charge in [0.2, 0.25) is 0 Å². The van der Waals surface area contributed by atoms with Crippen molar-refractivity contribution >= 4 is 0 Å². The lowest BCUT2D eigenvalue weighted by atomic mass is 9.99. The van der Waals surface area contributed by atoms with E-state index in [4.69, 9.17) is 0 Å². The Kier molecular flexibility index (Phi) is 4.17. The summed E-state index contributed by atoms with van der Waals surface area (Å²) in [6, 6.07) is 11.3. The first-order valence-electron chi connectivity index (χ1n) is 7.27. The summed E-state index contributed by atoms with van der Waals surface area (Å²) in [4.78, 5) is 2.22. The van der Waals surface area contributed by atoms with Crippen LogP contribution in [-0.2, 0) is 19.5 Å². The van der Waals surface area contributed by atoms with Crippen LogP contribution in [0.25, 0.3) is 0 Å². The number of rotatable bonds is 3. The summed E-state index contributed by atoms with van der Waals surface area (Å²) in [5.41, 5.74) is 3.25. The minimum atomic E-state index is -4.66. The number of hydrogen-bond donors (Lipinski definition) is 1. The Hall–Kier alpha value is -2.21. The highest BCUT2D eigenvalue weighted by atomic mass is 19.4. The van der Waals surface area contributed by atoms with Gasteiger partial charge >= 0.3 is 6.36 Å². The summed E-state index contributed by atoms with van der Waals surface area (Å²) in [6.45, 7) is 2.26. The summed E-state index contributed by atoms with van der Waals surface area (Å²) in [6.07, 6.45) is -3.82. The van der Waals surface area contributed by atoms with E-state index in [0.717, 1.165) is 30.6 Å². The monoisotopic (exact) mass is 323 g/mol. The van der Waals surface area contributed by atoms with Crippen LogP contribution >= 0.6 is 0 Å². The van der Waals surface area contributed by atoms with E-state index in [1.54, 1.807) is 24.3 Å². The van der Waals surface area contributed by atoms with Crippen LogP contribution in [0.15, 0.2) is 42.5 Å². The molecule has 0 atom stereocenters. The van der Waals surface area contributed by atoms with Crippen LogP contribution in [0.3, 0.4) is 0 Å². The number of phenolic OH excluding ortho intramolecular Hbond substituents is 1. The average molecular weight is 323 g/mol. The Bertz CT molecular complexity index is 683. The quantitative estimate of drug-likeness (QED) is 0.931. The van der Waals surface area contributed by atoms with Gasteiger partial charge in [-0.15, -0.1) is 13.2 Å². The molecule has 0 saturated heterocycles. The lowest BCUT2D eigenvalue weighted by Gasteiger charge is -2.28. The van der Waals surface area contributed by atoms with Gasteiger partial charge in [-0.25, -0.2) is 0 Å². The fraction of sp³-hybridized carbons (Fsp3) is 0.294. The third-order valence-electron chi connectivity index (χ3n) is 3.84. The zero-order valence-electron chi connectivity index (χ0n) is 12.3. The molecule has 3 nitrogen and oxygen atoms in total. The SMILES string of the molecule is Oc1ccc2c(c1)CCN(Cc1ccc(OC(F)(F)F)cc1)C2. The van der Waals surface area contributed by atoms with E-state index in [0.29, 0.717) is 6.54 Å². The summed E-state index contributed by atoms with van der Waals surface area (Å²) in [5.74, 6) is 0.0677. The van der Waals surface area contributed by atoms with Gasteiger partial charge in [0.05, 0.1) is 0 Å². The van der Waals surface area contributed by atoms with Crippen molar-refractivity contribution in [3.05, 3.63) is 59.2 Å². The largest absolute Gasteiger partial charge is 0.573 e. The van der Waals surface area contributed by atoms with E-state index in [-0.39, 0.29) is 11.5 Å². The van der Waals surface area contributed by atoms with Gasteiger partial charge < -0.3 is 9.84 Å². The minimum absolute atomic E-state index is 0.208. The van der Waals surface area contributed by atoms with E-state index in [9.17, 15) is 18.3 Å². The van der Waals surface area contributed by atoms with Gasteiger partial charge in [0.25, 0.3) is 0 Å². The van der Waals surface area contributed by atoms with Gasteiger partial charge in [0.15, 0.2) is 0 Å². The normalized spacial score (nSPS) is 15.3. The molecule has 6 heteroatoms. The number of hydrogen-bond acceptors (Lipinski definition) is 3. The number of alkyl halides is 3. The van der Waals surface area contributed by atoms with Crippen LogP contribution in [0.4, 0.5) is 13.2 Å². The van der Waals surface area contributed by atoms with Crippen molar-refractivity contribution in [3.8, 4) is 11.5 Å². The van der Waals surface area contributed by atoms with Crippen LogP contribution < -0.4 is 4.74 Å². The fourth-order valence-electron chi connectivity index (χ4n) is 2.79. The highest BCUT2D eigenvalue weighted by molar-refractivity contribution is 5.36. The van der Waals surface area contributed by atoms with Gasteiger partial charge in [0.1, 0.15) is 11.5 Å². The van der Waals surface area contributed by atoms with E-state index in [1.807, 2.05) is 6.07 Å². The molecule has 0 spiro atoms. The molecule has 0 fully saturated rings. The molecule has 1 aliphatic heterocycles. The first-order valence-corrected chi connectivity index (χ1v) is 7.27. The molecule has 0 radical (unpaired) electrons. The Morgan fingerprint density at radius 2 is 1.78 bits per heavy atom. The molecule has 2 aromatic carbocycles. The minimum Gasteiger partial charge on any atom is -0.508 e. The summed E-state index contributed by atoms with van der Waals surface area (Å²) in [7, 11) is 0. The number of phenols is 1. The molecular formula is C17H16F3NO2. The van der Waals surface area contributed by atoms with Crippen LogP contribution in [0, 0.1) is 0 Å². The predicted molar refractivity (Wildman–Crippen MR) is 79.0 cm³/mol. The second kappa shape index (κ2) is 6.12. The van der Waals surface area contributed by atoms with E-state index >= 15 is 0 Å². The first kappa shape index (κ1) is 15.7. The molecule has 0 saturated carbocycles. The maximum atomic E-state index is 12.1. The third kappa shape index (κ3) is 4.16. The van der Waals surface area contributed by atoms with E-state index in [1.165, 1.54) is 17.7 Å². The van der Waals surface area contributed by atoms with Gasteiger partial charge in [-0.2, -0.15) is 0 Å². The summed E-state index contributed by atoms with van der Waals surface area (Å²) in [5, 5.41) is 9.49. The van der Waals surface area contributed by atoms with Crippen LogP contribution in [0.5, 0.6) is 11.5 Å². The number of halogens is 3. The molecule has 0 unspecified atom stereocenters. The molecule has 1 N–H and O–H groups in total. The molecule has 0 bridgehead atoms. The van der Waals surface area contributed by atoms with Crippen LogP contribution in [0.2, 0.25) is 0 Å². The lowest BCUT2D eigenvalue weighted by Crippen LogP contribution is -2.29. The smallest absolute Gasteiger partial charge is 0.508 e. The van der Waals surface area contributed by atoms with Crippen molar-refractivity contribution in [1.29, 1.82) is 0 Å². The van der Waals surface area contributed by atoms with Crippen molar-refractivity contribution in [2.24, 2.45) is 0 Å². The third-order valence-corrected chi connectivity index (χ3v) is 3.84. The van der Waals surface area contributed by atoms with Crippen molar-refractivity contribution in [2.75, 3.05) is 6.54 Å². The Morgan fingerprint density at radius 1 is 1.04 bits per heavy atom. The van der Waals surface area contributed by atoms with E-state index in [2.05, 4.69) is 9.64 Å². The molecule has 3 rings (SSSR count). The maximum Gasteiger partial charge on any atom is 0.573 e. The molecule has 0 amide bonds. The first-order chi connectivity index (χ1) is 10.9. The Morgan fingerprint density at radius 3 is 2.48 bits per heavy atom. The fourth-order valence-corrected chi connectivity index (χ4v) is 2.79. The highest BCUT2D eigenvalue weighted by Gasteiger charge is 2.31. The standard InChI is InChI=1S/C17H16F3NO2/c18-17(19,20)23-16-5-1-12(2-6-16)10-21-8-7-13-9-15(22)4-3-14(13)11-21/h1-6,9,22H,7-8,10-11H2. The van der Waals surface area contributed by atoms with Crippen molar-refractivity contribution in [1.82, 2.24) is 4.90 Å². The van der Waals surface area contributed by atoms with Crippen molar-refractivity contribution in [3.63, 3.8) is 0 Å². The number of nitrogens with zero attached hydrogens (tertiary/aromatic N) is 1. The topological polar surface area (TPSA) is 32.7 Å². The predicted octanol–water partition coefficient (Wildman–Crippen LogP) is 3.85. The molecule has 2 aromatic rings. The van der Waals surface area contributed by atoms with Gasteiger partial charge in [-0.1, -0.05) is 18.2 Å². The lowest BCUT2D eigenvalue weighted by molar-refractivity contribution is -0.274. The molecule has 0 aromatic heterocycles.